The molecular formula is C17H21N5O2. The van der Waals surface area contributed by atoms with E-state index in [1.54, 1.807) is 0 Å². The van der Waals surface area contributed by atoms with Gasteiger partial charge in [0.25, 0.3) is 11.1 Å². The average Bonchev–Trinajstić information content (AvgIpc) is 3.05. The Balaban J connectivity index is 2.24. The van der Waals surface area contributed by atoms with Crippen LogP contribution in [-0.2, 0) is 0 Å². The van der Waals surface area contributed by atoms with E-state index in [0.717, 1.165) is 22.6 Å². The van der Waals surface area contributed by atoms with E-state index in [4.69, 9.17) is 0 Å². The van der Waals surface area contributed by atoms with Crippen LogP contribution in [-0.4, -0.2) is 34.5 Å². The predicted molar refractivity (Wildman–Crippen MR) is 94.0 cm³/mol. The van der Waals surface area contributed by atoms with Crippen LogP contribution in [0.25, 0.3) is 0 Å². The van der Waals surface area contributed by atoms with Crippen molar-refractivity contribution in [2.45, 2.75) is 19.8 Å². The van der Waals surface area contributed by atoms with Crippen molar-refractivity contribution in [2.75, 3.05) is 19.0 Å². The predicted octanol–water partition coefficient (Wildman–Crippen LogP) is 1.58. The van der Waals surface area contributed by atoms with Gasteiger partial charge in [-0.3, -0.25) is 19.8 Å². The van der Waals surface area contributed by atoms with Gasteiger partial charge in [-0.2, -0.15) is 0 Å². The average molecular weight is 327 g/mol. The fraction of sp³-hybridized carbons (Fsp3) is 0.294. The first-order valence-electron chi connectivity index (χ1n) is 7.71. The Morgan fingerprint density at radius 3 is 1.58 bits per heavy atom. The number of rotatable bonds is 4. The zero-order chi connectivity index (χ0) is 17.4. The highest BCUT2D eigenvalue weighted by Gasteiger charge is 2.27. The Hall–Kier alpha value is -2.96. The molecule has 3 aromatic rings. The number of aromatic amines is 4. The maximum Gasteiger partial charge on any atom is 0.268 e. The summed E-state index contributed by atoms with van der Waals surface area (Å²) >= 11 is 0. The van der Waals surface area contributed by atoms with Gasteiger partial charge in [0.1, 0.15) is 0 Å². The van der Waals surface area contributed by atoms with Crippen LogP contribution >= 0.6 is 0 Å². The number of aromatic nitrogens is 4. The molecule has 0 saturated carbocycles. The lowest BCUT2D eigenvalue weighted by Gasteiger charge is -2.18. The summed E-state index contributed by atoms with van der Waals surface area (Å²) in [5, 5.41) is 10.9. The van der Waals surface area contributed by atoms with Crippen molar-refractivity contribution in [3.8, 4) is 0 Å². The van der Waals surface area contributed by atoms with Gasteiger partial charge in [-0.25, -0.2) is 0 Å². The van der Waals surface area contributed by atoms with Crippen LogP contribution in [0.4, 0.5) is 5.69 Å². The highest BCUT2D eigenvalue weighted by molar-refractivity contribution is 5.51. The summed E-state index contributed by atoms with van der Waals surface area (Å²) in [5.41, 5.74) is 4.08. The molecular weight excluding hydrogens is 306 g/mol. The Bertz CT molecular complexity index is 902. The van der Waals surface area contributed by atoms with Gasteiger partial charge in [-0.15, -0.1) is 0 Å². The van der Waals surface area contributed by atoms with Gasteiger partial charge >= 0.3 is 0 Å². The molecule has 0 bridgehead atoms. The molecule has 126 valence electrons. The second kappa shape index (κ2) is 5.92. The second-order valence-corrected chi connectivity index (χ2v) is 6.15. The minimum absolute atomic E-state index is 0.214. The lowest BCUT2D eigenvalue weighted by Crippen LogP contribution is -2.20. The minimum atomic E-state index is -0.439. The van der Waals surface area contributed by atoms with E-state index in [0.29, 0.717) is 11.1 Å². The van der Waals surface area contributed by atoms with Crippen molar-refractivity contribution in [2.24, 2.45) is 0 Å². The monoisotopic (exact) mass is 327 g/mol. The molecule has 2 aromatic heterocycles. The lowest BCUT2D eigenvalue weighted by atomic mass is 9.85. The van der Waals surface area contributed by atoms with Crippen molar-refractivity contribution < 1.29 is 0 Å². The van der Waals surface area contributed by atoms with E-state index in [1.165, 1.54) is 0 Å². The Morgan fingerprint density at radius 1 is 0.792 bits per heavy atom. The zero-order valence-electron chi connectivity index (χ0n) is 14.2. The molecule has 0 unspecified atom stereocenters. The summed E-state index contributed by atoms with van der Waals surface area (Å²) in [4.78, 5) is 26.7. The molecule has 1 aromatic carbocycles. The van der Waals surface area contributed by atoms with Crippen LogP contribution in [0.3, 0.4) is 0 Å². The highest BCUT2D eigenvalue weighted by Crippen LogP contribution is 2.31. The number of nitrogens with zero attached hydrogens (tertiary/aromatic N) is 1. The van der Waals surface area contributed by atoms with E-state index >= 15 is 0 Å². The van der Waals surface area contributed by atoms with Crippen LogP contribution in [0.1, 0.15) is 34.0 Å². The molecule has 0 fully saturated rings. The second-order valence-electron chi connectivity index (χ2n) is 6.15. The molecule has 0 aliphatic carbocycles. The number of aryl methyl sites for hydroxylation is 2. The van der Waals surface area contributed by atoms with Crippen LogP contribution in [0, 0.1) is 13.8 Å². The summed E-state index contributed by atoms with van der Waals surface area (Å²) < 4.78 is 0. The number of nitrogens with one attached hydrogen (secondary N) is 4. The summed E-state index contributed by atoms with van der Waals surface area (Å²) in [7, 11) is 3.93. The normalized spacial score (nSPS) is 11.2. The zero-order valence-corrected chi connectivity index (χ0v) is 14.2. The summed E-state index contributed by atoms with van der Waals surface area (Å²) in [6.07, 6.45) is 0. The lowest BCUT2D eigenvalue weighted by molar-refractivity contribution is 0.930. The summed E-state index contributed by atoms with van der Waals surface area (Å²) in [5.74, 6) is -0.439. The number of anilines is 1. The van der Waals surface area contributed by atoms with E-state index in [2.05, 4.69) is 20.4 Å². The topological polar surface area (TPSA) is 101 Å². The molecule has 24 heavy (non-hydrogen) atoms. The number of benzene rings is 1. The minimum Gasteiger partial charge on any atom is -0.378 e. The smallest absolute Gasteiger partial charge is 0.268 e. The van der Waals surface area contributed by atoms with E-state index < -0.39 is 5.92 Å². The fourth-order valence-corrected chi connectivity index (χ4v) is 3.05. The summed E-state index contributed by atoms with van der Waals surface area (Å²) in [6.45, 7) is 3.65. The van der Waals surface area contributed by atoms with Gasteiger partial charge in [-0.05, 0) is 31.5 Å². The largest absolute Gasteiger partial charge is 0.378 e. The SMILES string of the molecule is Cc1[nH][nH]c(=O)c1C(c1ccc(N(C)C)cc1)c1c(C)[nH][nH]c1=O. The van der Waals surface area contributed by atoms with Crippen molar-refractivity contribution >= 4 is 5.69 Å². The number of hydrogen-bond donors (Lipinski definition) is 4. The Morgan fingerprint density at radius 2 is 1.25 bits per heavy atom. The van der Waals surface area contributed by atoms with Crippen molar-refractivity contribution in [3.63, 3.8) is 0 Å². The molecule has 7 nitrogen and oxygen atoms in total. The maximum absolute atomic E-state index is 12.3. The standard InChI is InChI=1S/C17H21N5O2/c1-9-13(16(23)20-18-9)15(14-10(2)19-21-17(14)24)11-5-7-12(8-6-11)22(3)4/h5-8,15H,1-4H3,(H2,18,20,23)(H2,19,21,24). The molecule has 0 spiro atoms. The first-order valence-corrected chi connectivity index (χ1v) is 7.71. The van der Waals surface area contributed by atoms with Gasteiger partial charge in [-0.1, -0.05) is 12.1 Å². The molecule has 0 radical (unpaired) electrons. The van der Waals surface area contributed by atoms with Crippen LogP contribution in [0.5, 0.6) is 0 Å². The number of hydrogen-bond acceptors (Lipinski definition) is 3. The van der Waals surface area contributed by atoms with E-state index in [9.17, 15) is 9.59 Å². The molecule has 4 N–H and O–H groups in total. The molecule has 7 heteroatoms. The van der Waals surface area contributed by atoms with Gasteiger partial charge in [0.2, 0.25) is 0 Å². The summed E-state index contributed by atoms with van der Waals surface area (Å²) in [6, 6.07) is 7.87. The molecule has 0 aliphatic rings. The van der Waals surface area contributed by atoms with Gasteiger partial charge in [0.15, 0.2) is 0 Å². The van der Waals surface area contributed by atoms with Crippen molar-refractivity contribution in [1.29, 1.82) is 0 Å². The molecule has 0 saturated heterocycles. The van der Waals surface area contributed by atoms with Crippen molar-refractivity contribution in [1.82, 2.24) is 20.4 Å². The third kappa shape index (κ3) is 2.58. The third-order valence-corrected chi connectivity index (χ3v) is 4.34. The first-order chi connectivity index (χ1) is 11.4. The molecule has 3 rings (SSSR count). The molecule has 0 atom stereocenters. The van der Waals surface area contributed by atoms with E-state index in [1.807, 2.05) is 57.1 Å². The highest BCUT2D eigenvalue weighted by atomic mass is 16.1. The molecule has 0 aliphatic heterocycles. The fourth-order valence-electron chi connectivity index (χ4n) is 3.05. The molecule has 2 heterocycles. The number of H-pyrrole nitrogens is 4. The Labute approximate surface area is 138 Å². The first kappa shape index (κ1) is 15.9. The molecule has 0 amide bonds. The van der Waals surface area contributed by atoms with Crippen molar-refractivity contribution in [3.05, 3.63) is 73.1 Å². The van der Waals surface area contributed by atoms with Gasteiger partial charge in [0.05, 0.1) is 11.1 Å². The van der Waals surface area contributed by atoms with E-state index in [-0.39, 0.29) is 11.1 Å². The third-order valence-electron chi connectivity index (χ3n) is 4.34. The Kier molecular flexibility index (Phi) is 3.92. The van der Waals surface area contributed by atoms with Crippen LogP contribution < -0.4 is 16.0 Å². The van der Waals surface area contributed by atoms with Crippen LogP contribution in [0.15, 0.2) is 33.9 Å². The van der Waals surface area contributed by atoms with Gasteiger partial charge in [0, 0.05) is 37.1 Å². The van der Waals surface area contributed by atoms with Crippen LogP contribution in [0.2, 0.25) is 0 Å². The van der Waals surface area contributed by atoms with Gasteiger partial charge < -0.3 is 15.1 Å². The maximum atomic E-state index is 12.3. The quantitative estimate of drug-likeness (QED) is 0.585.